The summed E-state index contributed by atoms with van der Waals surface area (Å²) in [6.45, 7) is 1.99. The number of aromatic nitrogens is 6. The van der Waals surface area contributed by atoms with E-state index in [1.54, 1.807) is 12.4 Å². The molecule has 0 atom stereocenters. The summed E-state index contributed by atoms with van der Waals surface area (Å²) in [7, 11) is 0. The van der Waals surface area contributed by atoms with Crippen molar-refractivity contribution in [3.05, 3.63) is 96.8 Å². The minimum Gasteiger partial charge on any atom is -0.416 e. The second-order valence-electron chi connectivity index (χ2n) is 8.75. The Hall–Kier alpha value is -5.24. The zero-order valence-electron chi connectivity index (χ0n) is 19.7. The summed E-state index contributed by atoms with van der Waals surface area (Å²) in [4.78, 5) is 8.98. The van der Waals surface area contributed by atoms with E-state index >= 15 is 0 Å². The van der Waals surface area contributed by atoms with E-state index in [2.05, 4.69) is 30.4 Å². The Morgan fingerprint density at radius 3 is 1.41 bits per heavy atom. The zero-order chi connectivity index (χ0) is 24.8. The summed E-state index contributed by atoms with van der Waals surface area (Å²) in [5, 5.41) is 19.1. The van der Waals surface area contributed by atoms with Crippen molar-refractivity contribution in [2.45, 2.75) is 6.92 Å². The van der Waals surface area contributed by atoms with Crippen LogP contribution in [-0.4, -0.2) is 30.4 Å². The van der Waals surface area contributed by atoms with Gasteiger partial charge in [0, 0.05) is 34.3 Å². The highest BCUT2D eigenvalue weighted by molar-refractivity contribution is 5.83. The molecule has 0 aliphatic carbocycles. The summed E-state index contributed by atoms with van der Waals surface area (Å²) in [5.41, 5.74) is 5.85. The van der Waals surface area contributed by atoms with Crippen LogP contribution in [0.5, 0.6) is 0 Å². The van der Waals surface area contributed by atoms with Gasteiger partial charge in [-0.05, 0) is 55.0 Å². The molecular formula is C29H18N6O2. The quantitative estimate of drug-likeness (QED) is 0.279. The molecule has 0 saturated heterocycles. The van der Waals surface area contributed by atoms with Gasteiger partial charge in [0.15, 0.2) is 0 Å². The van der Waals surface area contributed by atoms with Crippen LogP contribution >= 0.6 is 0 Å². The molecule has 0 saturated carbocycles. The zero-order valence-corrected chi connectivity index (χ0v) is 19.7. The SMILES string of the molecule is Cc1cc(-c2nnc(-c3cnc4ccccc4c3)o2)cc(-c2nnc(-c3cnc4ccccc4c3)o2)c1. The fraction of sp³-hybridized carbons (Fsp3) is 0.0345. The molecule has 0 unspecified atom stereocenters. The van der Waals surface area contributed by atoms with Crippen molar-refractivity contribution >= 4 is 21.8 Å². The average molecular weight is 483 g/mol. The lowest BCUT2D eigenvalue weighted by molar-refractivity contribution is 0.582. The average Bonchev–Trinajstić information content (AvgIpc) is 3.63. The second kappa shape index (κ2) is 8.46. The van der Waals surface area contributed by atoms with Gasteiger partial charge in [-0.1, -0.05) is 36.4 Å². The minimum absolute atomic E-state index is 0.395. The van der Waals surface area contributed by atoms with Crippen molar-refractivity contribution in [2.75, 3.05) is 0 Å². The predicted octanol–water partition coefficient (Wildman–Crippen LogP) is 6.53. The summed E-state index contributed by atoms with van der Waals surface area (Å²) in [6.07, 6.45) is 3.48. The minimum atomic E-state index is 0.395. The molecular weight excluding hydrogens is 464 g/mol. The van der Waals surface area contributed by atoms with E-state index in [0.717, 1.165) is 49.6 Å². The van der Waals surface area contributed by atoms with Crippen LogP contribution in [0.25, 0.3) is 67.6 Å². The van der Waals surface area contributed by atoms with E-state index in [1.807, 2.05) is 85.8 Å². The van der Waals surface area contributed by atoms with Crippen molar-refractivity contribution in [2.24, 2.45) is 0 Å². The summed E-state index contributed by atoms with van der Waals surface area (Å²) >= 11 is 0. The molecule has 0 aliphatic rings. The molecule has 8 heteroatoms. The van der Waals surface area contributed by atoms with E-state index in [9.17, 15) is 0 Å². The van der Waals surface area contributed by atoms with Crippen LogP contribution in [-0.2, 0) is 0 Å². The van der Waals surface area contributed by atoms with Crippen LogP contribution < -0.4 is 0 Å². The maximum Gasteiger partial charge on any atom is 0.249 e. The number of pyridine rings is 2. The molecule has 0 amide bonds. The lowest BCUT2D eigenvalue weighted by atomic mass is 10.1. The van der Waals surface area contributed by atoms with Crippen LogP contribution in [0.4, 0.5) is 0 Å². The number of para-hydroxylation sites is 2. The molecule has 4 heterocycles. The molecule has 0 bridgehead atoms. The largest absolute Gasteiger partial charge is 0.416 e. The highest BCUT2D eigenvalue weighted by atomic mass is 16.4. The van der Waals surface area contributed by atoms with E-state index < -0.39 is 0 Å². The number of hydrogen-bond donors (Lipinski definition) is 0. The Labute approximate surface area is 210 Å². The van der Waals surface area contributed by atoms with Crippen LogP contribution in [0.1, 0.15) is 5.56 Å². The highest BCUT2D eigenvalue weighted by Gasteiger charge is 2.16. The molecule has 0 radical (unpaired) electrons. The molecule has 37 heavy (non-hydrogen) atoms. The Bertz CT molecular complexity index is 1790. The van der Waals surface area contributed by atoms with Crippen molar-refractivity contribution in [3.63, 3.8) is 0 Å². The summed E-state index contributed by atoms with van der Waals surface area (Å²) in [5.74, 6) is 1.60. The maximum absolute atomic E-state index is 6.03. The van der Waals surface area contributed by atoms with Gasteiger partial charge in [0.05, 0.1) is 22.2 Å². The lowest BCUT2D eigenvalue weighted by Gasteiger charge is -2.02. The predicted molar refractivity (Wildman–Crippen MR) is 139 cm³/mol. The fourth-order valence-corrected chi connectivity index (χ4v) is 4.32. The molecule has 176 valence electrons. The van der Waals surface area contributed by atoms with E-state index in [4.69, 9.17) is 8.83 Å². The van der Waals surface area contributed by atoms with Gasteiger partial charge >= 0.3 is 0 Å². The molecule has 3 aromatic carbocycles. The van der Waals surface area contributed by atoms with Crippen molar-refractivity contribution < 1.29 is 8.83 Å². The smallest absolute Gasteiger partial charge is 0.249 e. The van der Waals surface area contributed by atoms with Gasteiger partial charge in [0.2, 0.25) is 23.6 Å². The molecule has 0 N–H and O–H groups in total. The number of aryl methyl sites for hydroxylation is 1. The first-order chi connectivity index (χ1) is 18.2. The van der Waals surface area contributed by atoms with Gasteiger partial charge in [-0.2, -0.15) is 0 Å². The Morgan fingerprint density at radius 2 is 0.919 bits per heavy atom. The number of benzene rings is 3. The van der Waals surface area contributed by atoms with Crippen molar-refractivity contribution in [1.29, 1.82) is 0 Å². The molecule has 0 aliphatic heterocycles. The second-order valence-corrected chi connectivity index (χ2v) is 8.75. The molecule has 0 spiro atoms. The first-order valence-corrected chi connectivity index (χ1v) is 11.7. The van der Waals surface area contributed by atoms with Crippen molar-refractivity contribution in [1.82, 2.24) is 30.4 Å². The maximum atomic E-state index is 6.03. The summed E-state index contributed by atoms with van der Waals surface area (Å²) < 4.78 is 12.1. The van der Waals surface area contributed by atoms with E-state index in [0.29, 0.717) is 23.6 Å². The summed E-state index contributed by atoms with van der Waals surface area (Å²) in [6, 6.07) is 25.6. The number of hydrogen-bond acceptors (Lipinski definition) is 8. The lowest BCUT2D eigenvalue weighted by Crippen LogP contribution is -1.85. The molecule has 7 aromatic rings. The van der Waals surface area contributed by atoms with E-state index in [-0.39, 0.29) is 0 Å². The number of nitrogens with zero attached hydrogens (tertiary/aromatic N) is 6. The number of fused-ring (bicyclic) bond motifs is 2. The number of rotatable bonds is 4. The normalized spacial score (nSPS) is 11.4. The van der Waals surface area contributed by atoms with Crippen LogP contribution in [0.3, 0.4) is 0 Å². The van der Waals surface area contributed by atoms with E-state index in [1.165, 1.54) is 0 Å². The van der Waals surface area contributed by atoms with Gasteiger partial charge in [0.25, 0.3) is 0 Å². The molecule has 8 nitrogen and oxygen atoms in total. The Kier molecular flexibility index (Phi) is 4.82. The Morgan fingerprint density at radius 1 is 0.486 bits per heavy atom. The fourth-order valence-electron chi connectivity index (χ4n) is 4.32. The van der Waals surface area contributed by atoms with Crippen LogP contribution in [0, 0.1) is 6.92 Å². The van der Waals surface area contributed by atoms with Crippen LogP contribution in [0.15, 0.2) is 100 Å². The van der Waals surface area contributed by atoms with Gasteiger partial charge in [0.1, 0.15) is 0 Å². The first kappa shape index (κ1) is 21.1. The first-order valence-electron chi connectivity index (χ1n) is 11.7. The third-order valence-electron chi connectivity index (χ3n) is 6.10. The monoisotopic (exact) mass is 482 g/mol. The standard InChI is InChI=1S/C29H18N6O2/c1-17-10-20(26-32-34-28(36-26)22-12-18-6-2-4-8-24(18)30-15-22)14-21(11-17)27-33-35-29(37-27)23-13-19-7-3-5-9-25(19)31-16-23/h2-16H,1H3. The van der Waals surface area contributed by atoms with Crippen LogP contribution in [0.2, 0.25) is 0 Å². The third kappa shape index (κ3) is 3.90. The molecule has 4 aromatic heterocycles. The van der Waals surface area contributed by atoms with Gasteiger partial charge in [-0.25, -0.2) is 0 Å². The third-order valence-corrected chi connectivity index (χ3v) is 6.10. The van der Waals surface area contributed by atoms with Gasteiger partial charge in [-0.3, -0.25) is 9.97 Å². The van der Waals surface area contributed by atoms with Gasteiger partial charge < -0.3 is 8.83 Å². The molecule has 0 fully saturated rings. The molecule has 7 rings (SSSR count). The highest BCUT2D eigenvalue weighted by Crippen LogP contribution is 2.31. The van der Waals surface area contributed by atoms with Crippen molar-refractivity contribution in [3.8, 4) is 45.8 Å². The topological polar surface area (TPSA) is 104 Å². The Balaban J connectivity index is 1.22. The van der Waals surface area contributed by atoms with Gasteiger partial charge in [-0.15, -0.1) is 20.4 Å².